The van der Waals surface area contributed by atoms with Gasteiger partial charge in [0.1, 0.15) is 5.82 Å². The van der Waals surface area contributed by atoms with Gasteiger partial charge in [0.15, 0.2) is 0 Å². The number of nitrogens with zero attached hydrogens (tertiary/aromatic N) is 2. The van der Waals surface area contributed by atoms with Crippen LogP contribution in [0.4, 0.5) is 5.82 Å². The van der Waals surface area contributed by atoms with Crippen molar-refractivity contribution in [2.45, 2.75) is 13.3 Å². The van der Waals surface area contributed by atoms with Gasteiger partial charge in [-0.25, -0.2) is 4.98 Å². The van der Waals surface area contributed by atoms with E-state index in [1.807, 2.05) is 18.3 Å². The summed E-state index contributed by atoms with van der Waals surface area (Å²) in [6, 6.07) is 6.03. The first-order valence-electron chi connectivity index (χ1n) is 4.95. The van der Waals surface area contributed by atoms with E-state index in [-0.39, 0.29) is 5.41 Å². The predicted octanol–water partition coefficient (Wildman–Crippen LogP) is 2.54. The molecule has 0 saturated carbocycles. The van der Waals surface area contributed by atoms with Crippen LogP contribution < -0.4 is 4.90 Å². The summed E-state index contributed by atoms with van der Waals surface area (Å²) >= 11 is 5.95. The van der Waals surface area contributed by atoms with E-state index in [2.05, 4.69) is 22.9 Å². The lowest BCUT2D eigenvalue weighted by atomic mass is 9.93. The molecule has 0 aliphatic carbocycles. The lowest BCUT2D eigenvalue weighted by Crippen LogP contribution is -2.26. The molecule has 1 aromatic heterocycles. The number of halogens is 1. The number of alkyl halides is 1. The normalized spacial score (nSPS) is 26.9. The molecule has 0 amide bonds. The van der Waals surface area contributed by atoms with E-state index in [1.165, 1.54) is 0 Å². The average molecular weight is 211 g/mol. The van der Waals surface area contributed by atoms with Gasteiger partial charge in [0.2, 0.25) is 0 Å². The molecule has 1 aromatic rings. The average Bonchev–Trinajstić information content (AvgIpc) is 2.63. The maximum absolute atomic E-state index is 5.95. The van der Waals surface area contributed by atoms with Gasteiger partial charge in [0, 0.05) is 30.6 Å². The van der Waals surface area contributed by atoms with Crippen LogP contribution in [0.3, 0.4) is 0 Å². The number of hydrogen-bond acceptors (Lipinski definition) is 2. The number of aromatic nitrogens is 1. The van der Waals surface area contributed by atoms with Crippen LogP contribution in [-0.2, 0) is 0 Å². The fraction of sp³-hybridized carbons (Fsp3) is 0.545. The maximum Gasteiger partial charge on any atom is 0.128 e. The molecule has 0 N–H and O–H groups in total. The standard InChI is InChI=1S/C11H15ClN2/c1-11(8-12)5-7-14(9-11)10-4-2-3-6-13-10/h2-4,6H,5,7-9H2,1H3. The van der Waals surface area contributed by atoms with Crippen LogP contribution >= 0.6 is 11.6 Å². The highest BCUT2D eigenvalue weighted by Gasteiger charge is 2.33. The molecule has 2 heterocycles. The van der Waals surface area contributed by atoms with Crippen LogP contribution in [0.2, 0.25) is 0 Å². The summed E-state index contributed by atoms with van der Waals surface area (Å²) in [4.78, 5) is 6.65. The van der Waals surface area contributed by atoms with Gasteiger partial charge in [-0.1, -0.05) is 13.0 Å². The first-order chi connectivity index (χ1) is 6.73. The van der Waals surface area contributed by atoms with E-state index >= 15 is 0 Å². The van der Waals surface area contributed by atoms with Crippen molar-refractivity contribution in [3.8, 4) is 0 Å². The third-order valence-electron chi connectivity index (χ3n) is 2.85. The van der Waals surface area contributed by atoms with Crippen LogP contribution in [-0.4, -0.2) is 24.0 Å². The Balaban J connectivity index is 2.10. The minimum atomic E-state index is 0.263. The summed E-state index contributed by atoms with van der Waals surface area (Å²) in [7, 11) is 0. The van der Waals surface area contributed by atoms with Crippen molar-refractivity contribution in [3.05, 3.63) is 24.4 Å². The van der Waals surface area contributed by atoms with Gasteiger partial charge in [-0.15, -0.1) is 11.6 Å². The topological polar surface area (TPSA) is 16.1 Å². The van der Waals surface area contributed by atoms with E-state index < -0.39 is 0 Å². The van der Waals surface area contributed by atoms with E-state index in [1.54, 1.807) is 0 Å². The minimum absolute atomic E-state index is 0.263. The van der Waals surface area contributed by atoms with Crippen molar-refractivity contribution in [1.29, 1.82) is 0 Å². The molecule has 14 heavy (non-hydrogen) atoms. The van der Waals surface area contributed by atoms with Gasteiger partial charge in [0.25, 0.3) is 0 Å². The van der Waals surface area contributed by atoms with Crippen LogP contribution in [0.15, 0.2) is 24.4 Å². The van der Waals surface area contributed by atoms with Gasteiger partial charge < -0.3 is 4.90 Å². The Kier molecular flexibility index (Phi) is 2.64. The van der Waals surface area contributed by atoms with Gasteiger partial charge >= 0.3 is 0 Å². The highest BCUT2D eigenvalue weighted by molar-refractivity contribution is 6.18. The molecule has 1 aliphatic heterocycles. The van der Waals surface area contributed by atoms with E-state index in [4.69, 9.17) is 11.6 Å². The first-order valence-corrected chi connectivity index (χ1v) is 5.49. The molecular weight excluding hydrogens is 196 g/mol. The van der Waals surface area contributed by atoms with Crippen molar-refractivity contribution in [2.75, 3.05) is 23.9 Å². The van der Waals surface area contributed by atoms with Crippen LogP contribution in [0.1, 0.15) is 13.3 Å². The summed E-state index contributed by atoms with van der Waals surface area (Å²) < 4.78 is 0. The zero-order valence-electron chi connectivity index (χ0n) is 8.41. The molecule has 0 bridgehead atoms. The Bertz CT molecular complexity index is 301. The minimum Gasteiger partial charge on any atom is -0.356 e. The molecule has 1 aliphatic rings. The van der Waals surface area contributed by atoms with Crippen molar-refractivity contribution in [3.63, 3.8) is 0 Å². The molecule has 0 radical (unpaired) electrons. The van der Waals surface area contributed by atoms with E-state index in [9.17, 15) is 0 Å². The van der Waals surface area contributed by atoms with Crippen LogP contribution in [0, 0.1) is 5.41 Å². The van der Waals surface area contributed by atoms with Gasteiger partial charge in [-0.2, -0.15) is 0 Å². The molecule has 2 rings (SSSR count). The van der Waals surface area contributed by atoms with Crippen LogP contribution in [0.5, 0.6) is 0 Å². The second kappa shape index (κ2) is 3.77. The number of anilines is 1. The van der Waals surface area contributed by atoms with Crippen molar-refractivity contribution in [2.24, 2.45) is 5.41 Å². The fourth-order valence-corrected chi connectivity index (χ4v) is 2.09. The molecule has 3 heteroatoms. The molecule has 1 saturated heterocycles. The Labute approximate surface area is 89.9 Å². The van der Waals surface area contributed by atoms with Crippen LogP contribution in [0.25, 0.3) is 0 Å². The Morgan fingerprint density at radius 2 is 2.43 bits per heavy atom. The lowest BCUT2D eigenvalue weighted by molar-refractivity contribution is 0.425. The molecular formula is C11H15ClN2. The molecule has 1 unspecified atom stereocenters. The molecule has 1 atom stereocenters. The van der Waals surface area contributed by atoms with Crippen molar-refractivity contribution in [1.82, 2.24) is 4.98 Å². The molecule has 1 fully saturated rings. The van der Waals surface area contributed by atoms with Gasteiger partial charge in [-0.05, 0) is 18.6 Å². The molecule has 2 nitrogen and oxygen atoms in total. The van der Waals surface area contributed by atoms with Crippen molar-refractivity contribution >= 4 is 17.4 Å². The highest BCUT2D eigenvalue weighted by atomic mass is 35.5. The predicted molar refractivity (Wildman–Crippen MR) is 59.9 cm³/mol. The van der Waals surface area contributed by atoms with Crippen molar-refractivity contribution < 1.29 is 0 Å². The Morgan fingerprint density at radius 3 is 3.00 bits per heavy atom. The molecule has 0 aromatic carbocycles. The Hall–Kier alpha value is -0.760. The number of rotatable bonds is 2. The quantitative estimate of drug-likeness (QED) is 0.698. The second-order valence-corrected chi connectivity index (χ2v) is 4.57. The number of hydrogen-bond donors (Lipinski definition) is 0. The summed E-state index contributed by atoms with van der Waals surface area (Å²) in [5.74, 6) is 1.80. The second-order valence-electron chi connectivity index (χ2n) is 4.30. The zero-order chi connectivity index (χ0) is 10.0. The summed E-state index contributed by atoms with van der Waals surface area (Å²) in [6.45, 7) is 4.33. The SMILES string of the molecule is CC1(CCl)CCN(c2ccccn2)C1. The fourth-order valence-electron chi connectivity index (χ4n) is 1.87. The van der Waals surface area contributed by atoms with E-state index in [0.717, 1.165) is 31.2 Å². The number of pyridine rings is 1. The Morgan fingerprint density at radius 1 is 1.57 bits per heavy atom. The molecule has 76 valence electrons. The zero-order valence-corrected chi connectivity index (χ0v) is 9.17. The largest absolute Gasteiger partial charge is 0.356 e. The monoisotopic (exact) mass is 210 g/mol. The third-order valence-corrected chi connectivity index (χ3v) is 3.50. The van der Waals surface area contributed by atoms with Gasteiger partial charge in [0.05, 0.1) is 0 Å². The maximum atomic E-state index is 5.95. The lowest BCUT2D eigenvalue weighted by Gasteiger charge is -2.22. The first kappa shape index (κ1) is 9.78. The highest BCUT2D eigenvalue weighted by Crippen LogP contribution is 2.32. The van der Waals surface area contributed by atoms with E-state index in [0.29, 0.717) is 0 Å². The molecule has 0 spiro atoms. The third kappa shape index (κ3) is 1.85. The summed E-state index contributed by atoms with van der Waals surface area (Å²) in [6.07, 6.45) is 3.00. The summed E-state index contributed by atoms with van der Waals surface area (Å²) in [5.41, 5.74) is 0.263. The summed E-state index contributed by atoms with van der Waals surface area (Å²) in [5, 5.41) is 0. The smallest absolute Gasteiger partial charge is 0.128 e. The van der Waals surface area contributed by atoms with Gasteiger partial charge in [-0.3, -0.25) is 0 Å².